The molecule has 1 N–H and O–H groups in total. The number of hydrogen-bond acceptors (Lipinski definition) is 2. The maximum atomic E-state index is 13.4. The van der Waals surface area contributed by atoms with E-state index in [1.54, 1.807) is 12.1 Å². The Morgan fingerprint density at radius 1 is 1.14 bits per heavy atom. The number of carbonyl (C=O) groups excluding carboxylic acids is 1. The van der Waals surface area contributed by atoms with Gasteiger partial charge in [-0.15, -0.1) is 0 Å². The average Bonchev–Trinajstić information content (AvgIpc) is 2.46. The molecular formula is C16H15F2NO2. The summed E-state index contributed by atoms with van der Waals surface area (Å²) in [7, 11) is 0. The molecular weight excluding hydrogens is 276 g/mol. The second-order valence-corrected chi connectivity index (χ2v) is 4.61. The number of halogens is 2. The molecule has 2 aromatic rings. The highest BCUT2D eigenvalue weighted by molar-refractivity contribution is 5.77. The van der Waals surface area contributed by atoms with E-state index >= 15 is 0 Å². The first-order chi connectivity index (χ1) is 10.0. The predicted molar refractivity (Wildman–Crippen MR) is 74.9 cm³/mol. The lowest BCUT2D eigenvalue weighted by Gasteiger charge is -2.08. The van der Waals surface area contributed by atoms with E-state index in [1.807, 2.05) is 19.1 Å². The van der Waals surface area contributed by atoms with Crippen LogP contribution in [-0.2, 0) is 11.3 Å². The molecule has 0 saturated carbocycles. The van der Waals surface area contributed by atoms with Crippen LogP contribution in [0.4, 0.5) is 8.78 Å². The Morgan fingerprint density at radius 2 is 1.86 bits per heavy atom. The molecule has 0 saturated heterocycles. The molecule has 0 spiro atoms. The zero-order valence-electron chi connectivity index (χ0n) is 11.5. The van der Waals surface area contributed by atoms with Crippen LogP contribution in [0.1, 0.15) is 11.1 Å². The Hall–Kier alpha value is -2.43. The van der Waals surface area contributed by atoms with Gasteiger partial charge in [0.05, 0.1) is 0 Å². The first-order valence-electron chi connectivity index (χ1n) is 6.44. The fourth-order valence-electron chi connectivity index (χ4n) is 1.69. The molecule has 0 bridgehead atoms. The quantitative estimate of drug-likeness (QED) is 0.919. The monoisotopic (exact) mass is 291 g/mol. The van der Waals surface area contributed by atoms with Crippen molar-refractivity contribution in [1.82, 2.24) is 5.32 Å². The Bertz CT molecular complexity index is 627. The second-order valence-electron chi connectivity index (χ2n) is 4.61. The van der Waals surface area contributed by atoms with E-state index in [2.05, 4.69) is 5.32 Å². The van der Waals surface area contributed by atoms with Gasteiger partial charge in [-0.2, -0.15) is 0 Å². The molecule has 3 nitrogen and oxygen atoms in total. The largest absolute Gasteiger partial charge is 0.484 e. The van der Waals surface area contributed by atoms with Gasteiger partial charge in [-0.05, 0) is 25.1 Å². The molecule has 2 rings (SSSR count). The topological polar surface area (TPSA) is 38.3 Å². The highest BCUT2D eigenvalue weighted by Gasteiger charge is 2.07. The summed E-state index contributed by atoms with van der Waals surface area (Å²) in [6.45, 7) is 1.78. The van der Waals surface area contributed by atoms with Crippen LogP contribution >= 0.6 is 0 Å². The summed E-state index contributed by atoms with van der Waals surface area (Å²) in [5, 5.41) is 2.51. The first-order valence-corrected chi connectivity index (χ1v) is 6.44. The number of aryl methyl sites for hydroxylation is 1. The summed E-state index contributed by atoms with van der Waals surface area (Å²) >= 11 is 0. The molecule has 0 aliphatic carbocycles. The zero-order valence-corrected chi connectivity index (χ0v) is 11.5. The van der Waals surface area contributed by atoms with Gasteiger partial charge < -0.3 is 10.1 Å². The van der Waals surface area contributed by atoms with Gasteiger partial charge in [0.15, 0.2) is 6.61 Å². The minimum absolute atomic E-state index is 0.0117. The van der Waals surface area contributed by atoms with Gasteiger partial charge in [0, 0.05) is 18.2 Å². The van der Waals surface area contributed by atoms with Gasteiger partial charge in [0.25, 0.3) is 5.91 Å². The van der Waals surface area contributed by atoms with Crippen LogP contribution in [0.2, 0.25) is 0 Å². The summed E-state index contributed by atoms with van der Waals surface area (Å²) in [5.41, 5.74) is 1.32. The summed E-state index contributed by atoms with van der Waals surface area (Å²) in [4.78, 5) is 11.6. The van der Waals surface area contributed by atoms with Crippen LogP contribution in [0.5, 0.6) is 5.75 Å². The van der Waals surface area contributed by atoms with Gasteiger partial charge >= 0.3 is 0 Å². The average molecular weight is 291 g/mol. The molecule has 0 radical (unpaired) electrons. The molecule has 0 heterocycles. The van der Waals surface area contributed by atoms with E-state index < -0.39 is 11.6 Å². The number of benzene rings is 2. The van der Waals surface area contributed by atoms with Crippen molar-refractivity contribution in [2.45, 2.75) is 13.5 Å². The first kappa shape index (κ1) is 15.0. The van der Waals surface area contributed by atoms with Crippen molar-refractivity contribution < 1.29 is 18.3 Å². The Morgan fingerprint density at radius 3 is 2.52 bits per heavy atom. The molecule has 0 atom stereocenters. The van der Waals surface area contributed by atoms with Crippen molar-refractivity contribution in [2.75, 3.05) is 6.61 Å². The summed E-state index contributed by atoms with van der Waals surface area (Å²) in [5.74, 6) is -1.12. The van der Waals surface area contributed by atoms with Crippen LogP contribution < -0.4 is 10.1 Å². The Labute approximate surface area is 121 Å². The highest BCUT2D eigenvalue weighted by atomic mass is 19.1. The molecule has 0 aliphatic rings. The van der Waals surface area contributed by atoms with Crippen LogP contribution in [0.15, 0.2) is 42.5 Å². The van der Waals surface area contributed by atoms with E-state index in [1.165, 1.54) is 6.07 Å². The third kappa shape index (κ3) is 4.56. The third-order valence-corrected chi connectivity index (χ3v) is 2.88. The molecule has 0 unspecified atom stereocenters. The molecule has 0 aromatic heterocycles. The van der Waals surface area contributed by atoms with Crippen LogP contribution in [0, 0.1) is 18.6 Å². The maximum absolute atomic E-state index is 13.4. The van der Waals surface area contributed by atoms with E-state index in [9.17, 15) is 13.6 Å². The van der Waals surface area contributed by atoms with Gasteiger partial charge in [0.2, 0.25) is 0 Å². The van der Waals surface area contributed by atoms with Crippen molar-refractivity contribution in [3.63, 3.8) is 0 Å². The fourth-order valence-corrected chi connectivity index (χ4v) is 1.69. The van der Waals surface area contributed by atoms with Crippen LogP contribution in [-0.4, -0.2) is 12.5 Å². The summed E-state index contributed by atoms with van der Waals surface area (Å²) in [6.07, 6.45) is 0. The maximum Gasteiger partial charge on any atom is 0.258 e. The van der Waals surface area contributed by atoms with Crippen molar-refractivity contribution in [2.24, 2.45) is 0 Å². The normalized spacial score (nSPS) is 10.2. The van der Waals surface area contributed by atoms with Crippen molar-refractivity contribution in [1.29, 1.82) is 0 Å². The molecule has 2 aromatic carbocycles. The summed E-state index contributed by atoms with van der Waals surface area (Å²) < 4.78 is 31.4. The Balaban J connectivity index is 1.80. The lowest BCUT2D eigenvalue weighted by atomic mass is 10.2. The number of amides is 1. The molecule has 21 heavy (non-hydrogen) atoms. The fraction of sp³-hybridized carbons (Fsp3) is 0.188. The minimum atomic E-state index is -0.685. The van der Waals surface area contributed by atoms with E-state index in [0.717, 1.165) is 17.7 Å². The zero-order chi connectivity index (χ0) is 15.2. The number of nitrogens with one attached hydrogen (secondary N) is 1. The smallest absolute Gasteiger partial charge is 0.258 e. The summed E-state index contributed by atoms with van der Waals surface area (Å²) in [6, 6.07) is 10.5. The van der Waals surface area contributed by atoms with Gasteiger partial charge in [-0.3, -0.25) is 4.79 Å². The van der Waals surface area contributed by atoms with E-state index in [4.69, 9.17) is 4.74 Å². The number of carbonyl (C=O) groups is 1. The third-order valence-electron chi connectivity index (χ3n) is 2.88. The highest BCUT2D eigenvalue weighted by Crippen LogP contribution is 2.11. The van der Waals surface area contributed by atoms with E-state index in [-0.39, 0.29) is 24.6 Å². The van der Waals surface area contributed by atoms with E-state index in [0.29, 0.717) is 5.75 Å². The van der Waals surface area contributed by atoms with Crippen molar-refractivity contribution in [3.05, 3.63) is 65.2 Å². The van der Waals surface area contributed by atoms with Crippen LogP contribution in [0.3, 0.4) is 0 Å². The van der Waals surface area contributed by atoms with Gasteiger partial charge in [-0.1, -0.05) is 23.8 Å². The molecule has 5 heteroatoms. The molecule has 0 aliphatic heterocycles. The molecule has 110 valence electrons. The minimum Gasteiger partial charge on any atom is -0.484 e. The molecule has 1 amide bonds. The SMILES string of the molecule is Cc1ccc(OCC(=O)NCc2ccc(F)cc2F)cc1. The lowest BCUT2D eigenvalue weighted by Crippen LogP contribution is -2.28. The number of rotatable bonds is 5. The van der Waals surface area contributed by atoms with Crippen molar-refractivity contribution >= 4 is 5.91 Å². The number of ether oxygens (including phenoxy) is 1. The number of hydrogen-bond donors (Lipinski definition) is 1. The van der Waals surface area contributed by atoms with Gasteiger partial charge in [-0.25, -0.2) is 8.78 Å². The predicted octanol–water partition coefficient (Wildman–Crippen LogP) is 2.97. The van der Waals surface area contributed by atoms with Crippen molar-refractivity contribution in [3.8, 4) is 5.75 Å². The standard InChI is InChI=1S/C16H15F2NO2/c1-11-2-6-14(7-3-11)21-10-16(20)19-9-12-4-5-13(17)8-15(12)18/h2-8H,9-10H2,1H3,(H,19,20). The molecule has 0 fully saturated rings. The Kier molecular flexibility index (Phi) is 4.87. The van der Waals surface area contributed by atoms with Gasteiger partial charge in [0.1, 0.15) is 17.4 Å². The second kappa shape index (κ2) is 6.83. The lowest BCUT2D eigenvalue weighted by molar-refractivity contribution is -0.123. The van der Waals surface area contributed by atoms with Crippen LogP contribution in [0.25, 0.3) is 0 Å².